The Bertz CT molecular complexity index is 863. The minimum atomic E-state index is -3.74. The molecule has 0 saturated heterocycles. The van der Waals surface area contributed by atoms with Crippen LogP contribution in [0, 0.1) is 0 Å². The molecule has 1 unspecified atom stereocenters. The maximum absolute atomic E-state index is 12.9. The van der Waals surface area contributed by atoms with E-state index in [1.807, 2.05) is 0 Å². The molecule has 0 radical (unpaired) electrons. The molecular weight excluding hydrogens is 370 g/mol. The highest BCUT2D eigenvalue weighted by atomic mass is 35.5. The molecule has 0 amide bonds. The fourth-order valence-corrected chi connectivity index (χ4v) is 3.46. The molecule has 9 heteroatoms. The SMILES string of the molecule is CCS(=O)(=O)N(C)C1=C(OC(C)=O)C(=O)C(C)(c2ccccc2Cl)O1. The fourth-order valence-electron chi connectivity index (χ4n) is 2.39. The van der Waals surface area contributed by atoms with Gasteiger partial charge in [-0.25, -0.2) is 12.7 Å². The van der Waals surface area contributed by atoms with Gasteiger partial charge in [-0.3, -0.25) is 9.59 Å². The number of esters is 1. The van der Waals surface area contributed by atoms with Crippen molar-refractivity contribution in [3.8, 4) is 0 Å². The first-order valence-electron chi connectivity index (χ1n) is 7.42. The van der Waals surface area contributed by atoms with Crippen LogP contribution in [-0.4, -0.2) is 37.3 Å². The average Bonchev–Trinajstić information content (AvgIpc) is 2.79. The fraction of sp³-hybridized carbons (Fsp3) is 0.375. The Morgan fingerprint density at radius 3 is 2.48 bits per heavy atom. The van der Waals surface area contributed by atoms with E-state index in [1.54, 1.807) is 24.3 Å². The van der Waals surface area contributed by atoms with E-state index in [9.17, 15) is 18.0 Å². The number of ether oxygens (including phenoxy) is 2. The van der Waals surface area contributed by atoms with Crippen LogP contribution in [-0.2, 0) is 34.7 Å². The van der Waals surface area contributed by atoms with Gasteiger partial charge in [0, 0.05) is 24.6 Å². The first-order valence-corrected chi connectivity index (χ1v) is 9.41. The van der Waals surface area contributed by atoms with Gasteiger partial charge in [-0.1, -0.05) is 29.8 Å². The van der Waals surface area contributed by atoms with Crippen LogP contribution in [0.15, 0.2) is 35.9 Å². The molecule has 25 heavy (non-hydrogen) atoms. The van der Waals surface area contributed by atoms with E-state index >= 15 is 0 Å². The van der Waals surface area contributed by atoms with Gasteiger partial charge >= 0.3 is 5.97 Å². The molecule has 0 fully saturated rings. The summed E-state index contributed by atoms with van der Waals surface area (Å²) in [6, 6.07) is 6.51. The monoisotopic (exact) mass is 387 g/mol. The third kappa shape index (κ3) is 3.36. The zero-order valence-electron chi connectivity index (χ0n) is 14.2. The normalized spacial score (nSPS) is 20.4. The van der Waals surface area contributed by atoms with Crippen LogP contribution in [0.2, 0.25) is 5.02 Å². The molecule has 0 spiro atoms. The maximum Gasteiger partial charge on any atom is 0.308 e. The summed E-state index contributed by atoms with van der Waals surface area (Å²) in [6.45, 7) is 4.00. The third-order valence-electron chi connectivity index (χ3n) is 3.84. The van der Waals surface area contributed by atoms with Crippen LogP contribution in [0.3, 0.4) is 0 Å². The van der Waals surface area contributed by atoms with Crippen molar-refractivity contribution in [2.45, 2.75) is 26.4 Å². The summed E-state index contributed by atoms with van der Waals surface area (Å²) >= 11 is 6.17. The Morgan fingerprint density at radius 2 is 1.96 bits per heavy atom. The molecule has 0 aromatic heterocycles. The number of benzene rings is 1. The lowest BCUT2D eigenvalue weighted by molar-refractivity contribution is -0.142. The first kappa shape index (κ1) is 19.3. The maximum atomic E-state index is 12.9. The van der Waals surface area contributed by atoms with Gasteiger partial charge in [0.05, 0.1) is 5.75 Å². The average molecular weight is 388 g/mol. The molecule has 1 aromatic carbocycles. The van der Waals surface area contributed by atoms with Crippen molar-refractivity contribution in [1.29, 1.82) is 0 Å². The Morgan fingerprint density at radius 1 is 1.36 bits per heavy atom. The molecule has 1 aliphatic heterocycles. The Labute approximate surface area is 151 Å². The van der Waals surface area contributed by atoms with Crippen LogP contribution >= 0.6 is 11.6 Å². The standard InChI is InChI=1S/C16H18ClNO6S/c1-5-25(21,22)18(4)15-13(23-10(2)19)14(20)16(3,24-15)11-8-6-7-9-12(11)17/h6-9H,5H2,1-4H3. The highest BCUT2D eigenvalue weighted by Crippen LogP contribution is 2.43. The van der Waals surface area contributed by atoms with Gasteiger partial charge in [0.1, 0.15) is 0 Å². The smallest absolute Gasteiger partial charge is 0.308 e. The number of Topliss-reactive ketones (excluding diaryl/α,β-unsaturated/α-hetero) is 1. The molecule has 1 atom stereocenters. The summed E-state index contributed by atoms with van der Waals surface area (Å²) in [6.07, 6.45) is 0. The minimum Gasteiger partial charge on any atom is -0.456 e. The number of carbonyl (C=O) groups excluding carboxylic acids is 2. The third-order valence-corrected chi connectivity index (χ3v) is 5.90. The molecule has 1 heterocycles. The van der Waals surface area contributed by atoms with Crippen LogP contribution in [0.25, 0.3) is 0 Å². The van der Waals surface area contributed by atoms with E-state index < -0.39 is 33.1 Å². The number of hydrogen-bond donors (Lipinski definition) is 0. The second kappa shape index (κ2) is 6.68. The van der Waals surface area contributed by atoms with Crippen LogP contribution in [0.5, 0.6) is 0 Å². The molecule has 0 aliphatic carbocycles. The van der Waals surface area contributed by atoms with Gasteiger partial charge < -0.3 is 9.47 Å². The Balaban J connectivity index is 2.59. The van der Waals surface area contributed by atoms with Crippen molar-refractivity contribution in [1.82, 2.24) is 4.31 Å². The van der Waals surface area contributed by atoms with Crippen LogP contribution in [0.1, 0.15) is 26.3 Å². The number of rotatable bonds is 5. The molecule has 2 rings (SSSR count). The van der Waals surface area contributed by atoms with Crippen molar-refractivity contribution >= 4 is 33.4 Å². The van der Waals surface area contributed by atoms with Crippen molar-refractivity contribution in [3.63, 3.8) is 0 Å². The van der Waals surface area contributed by atoms with E-state index in [0.29, 0.717) is 5.56 Å². The lowest BCUT2D eigenvalue weighted by Gasteiger charge is -2.27. The van der Waals surface area contributed by atoms with E-state index in [0.717, 1.165) is 11.2 Å². The lowest BCUT2D eigenvalue weighted by atomic mass is 9.91. The highest BCUT2D eigenvalue weighted by Gasteiger charge is 2.52. The zero-order chi connectivity index (χ0) is 19.0. The number of ketones is 1. The van der Waals surface area contributed by atoms with Gasteiger partial charge in [0.25, 0.3) is 11.7 Å². The van der Waals surface area contributed by atoms with Crippen molar-refractivity contribution < 1.29 is 27.5 Å². The molecule has 0 saturated carbocycles. The minimum absolute atomic E-state index is 0.222. The van der Waals surface area contributed by atoms with Gasteiger partial charge in [0.15, 0.2) is 0 Å². The molecular formula is C16H18ClNO6S. The summed E-state index contributed by atoms with van der Waals surface area (Å²) < 4.78 is 35.8. The van der Waals surface area contributed by atoms with Gasteiger partial charge in [0.2, 0.25) is 21.4 Å². The largest absolute Gasteiger partial charge is 0.456 e. The number of hydrogen-bond acceptors (Lipinski definition) is 6. The van der Waals surface area contributed by atoms with E-state index in [-0.39, 0.29) is 16.7 Å². The molecule has 1 aliphatic rings. The van der Waals surface area contributed by atoms with Crippen molar-refractivity contribution in [3.05, 3.63) is 46.5 Å². The van der Waals surface area contributed by atoms with E-state index in [4.69, 9.17) is 21.1 Å². The summed E-state index contributed by atoms with van der Waals surface area (Å²) in [4.78, 5) is 24.3. The van der Waals surface area contributed by atoms with E-state index in [1.165, 1.54) is 20.9 Å². The van der Waals surface area contributed by atoms with Gasteiger partial charge in [-0.2, -0.15) is 0 Å². The van der Waals surface area contributed by atoms with Crippen LogP contribution < -0.4 is 0 Å². The molecule has 1 aromatic rings. The van der Waals surface area contributed by atoms with E-state index in [2.05, 4.69) is 0 Å². The van der Waals surface area contributed by atoms with Crippen molar-refractivity contribution in [2.75, 3.05) is 12.8 Å². The number of halogens is 1. The topological polar surface area (TPSA) is 90.0 Å². The van der Waals surface area contributed by atoms with Gasteiger partial charge in [-0.15, -0.1) is 0 Å². The van der Waals surface area contributed by atoms with Crippen molar-refractivity contribution in [2.24, 2.45) is 0 Å². The molecule has 136 valence electrons. The molecule has 7 nitrogen and oxygen atoms in total. The molecule has 0 N–H and O–H groups in total. The quantitative estimate of drug-likeness (QED) is 0.719. The molecule has 0 bridgehead atoms. The predicted octanol–water partition coefficient (Wildman–Crippen LogP) is 2.17. The Kier molecular flexibility index (Phi) is 5.15. The van der Waals surface area contributed by atoms with Gasteiger partial charge in [-0.05, 0) is 19.9 Å². The summed E-state index contributed by atoms with van der Waals surface area (Å²) in [7, 11) is -2.52. The number of sulfonamides is 1. The van der Waals surface area contributed by atoms with Crippen LogP contribution in [0.4, 0.5) is 0 Å². The number of carbonyl (C=O) groups is 2. The second-order valence-electron chi connectivity index (χ2n) is 5.54. The highest BCUT2D eigenvalue weighted by molar-refractivity contribution is 7.89. The number of nitrogens with zero attached hydrogens (tertiary/aromatic N) is 1. The Hall–Kier alpha value is -2.06. The first-order chi connectivity index (χ1) is 11.5. The lowest BCUT2D eigenvalue weighted by Crippen LogP contribution is -2.33. The summed E-state index contributed by atoms with van der Waals surface area (Å²) in [5.41, 5.74) is -1.28. The predicted molar refractivity (Wildman–Crippen MR) is 90.9 cm³/mol. The zero-order valence-corrected chi connectivity index (χ0v) is 15.8. The summed E-state index contributed by atoms with van der Waals surface area (Å²) in [5, 5.41) is 0.266. The second-order valence-corrected chi connectivity index (χ2v) is 8.24. The summed E-state index contributed by atoms with van der Waals surface area (Å²) in [5.74, 6) is -2.49.